The van der Waals surface area contributed by atoms with Crippen molar-refractivity contribution >= 4 is 5.91 Å². The number of ether oxygens (including phenoxy) is 2. The Morgan fingerprint density at radius 2 is 1.70 bits per heavy atom. The molecule has 1 unspecified atom stereocenters. The number of benzene rings is 1. The van der Waals surface area contributed by atoms with Gasteiger partial charge in [0.05, 0.1) is 19.3 Å². The Hall–Kier alpha value is -1.75. The maximum atomic E-state index is 12.3. The van der Waals surface area contributed by atoms with E-state index in [1.165, 1.54) is 0 Å². The maximum absolute atomic E-state index is 12.3. The summed E-state index contributed by atoms with van der Waals surface area (Å²) in [4.78, 5) is 12.3. The standard InChI is InChI=1S/C18H29NO4/c1-5-13(6-2)15(20)12-19-18(21)14-9-10-16(22-7-3)17(11-14)23-8-4/h9-11,13,15,20H,5-8,12H2,1-4H3,(H,19,21). The van der Waals surface area contributed by atoms with Crippen molar-refractivity contribution in [2.45, 2.75) is 46.6 Å². The van der Waals surface area contributed by atoms with E-state index in [0.717, 1.165) is 12.8 Å². The van der Waals surface area contributed by atoms with E-state index in [-0.39, 0.29) is 18.4 Å². The zero-order valence-electron chi connectivity index (χ0n) is 14.6. The first-order chi connectivity index (χ1) is 11.1. The second kappa shape index (κ2) is 10.1. The summed E-state index contributed by atoms with van der Waals surface area (Å²) in [6.45, 7) is 9.15. The van der Waals surface area contributed by atoms with Gasteiger partial charge in [0.2, 0.25) is 0 Å². The number of hydrogen-bond acceptors (Lipinski definition) is 4. The molecule has 0 saturated carbocycles. The molecule has 130 valence electrons. The summed E-state index contributed by atoms with van der Waals surface area (Å²) in [5.41, 5.74) is 0.494. The average Bonchev–Trinajstić information content (AvgIpc) is 2.55. The van der Waals surface area contributed by atoms with Crippen molar-refractivity contribution in [1.29, 1.82) is 0 Å². The van der Waals surface area contributed by atoms with Gasteiger partial charge in [0.1, 0.15) is 0 Å². The molecule has 0 saturated heterocycles. The zero-order valence-corrected chi connectivity index (χ0v) is 14.6. The molecule has 1 rings (SSSR count). The van der Waals surface area contributed by atoms with Crippen LogP contribution < -0.4 is 14.8 Å². The van der Waals surface area contributed by atoms with Crippen LogP contribution in [0.1, 0.15) is 50.9 Å². The molecule has 23 heavy (non-hydrogen) atoms. The van der Waals surface area contributed by atoms with Crippen molar-refractivity contribution in [3.63, 3.8) is 0 Å². The molecule has 0 heterocycles. The highest BCUT2D eigenvalue weighted by Crippen LogP contribution is 2.28. The minimum atomic E-state index is -0.525. The van der Waals surface area contributed by atoms with Crippen LogP contribution in [0.4, 0.5) is 0 Å². The fourth-order valence-electron chi connectivity index (χ4n) is 2.49. The van der Waals surface area contributed by atoms with Gasteiger partial charge < -0.3 is 19.9 Å². The predicted octanol–water partition coefficient (Wildman–Crippen LogP) is 3.01. The van der Waals surface area contributed by atoms with Crippen LogP contribution in [0.3, 0.4) is 0 Å². The van der Waals surface area contributed by atoms with E-state index in [2.05, 4.69) is 5.32 Å². The molecule has 1 atom stereocenters. The molecule has 5 nitrogen and oxygen atoms in total. The van der Waals surface area contributed by atoms with Crippen LogP contribution in [0.15, 0.2) is 18.2 Å². The van der Waals surface area contributed by atoms with Crippen LogP contribution in [0, 0.1) is 5.92 Å². The number of carbonyl (C=O) groups excluding carboxylic acids is 1. The van der Waals surface area contributed by atoms with E-state index < -0.39 is 6.10 Å². The summed E-state index contributed by atoms with van der Waals surface area (Å²) < 4.78 is 11.0. The van der Waals surface area contributed by atoms with Crippen LogP contribution in [0.5, 0.6) is 11.5 Å². The lowest BCUT2D eigenvalue weighted by atomic mass is 9.96. The third kappa shape index (κ3) is 5.75. The summed E-state index contributed by atoms with van der Waals surface area (Å²) >= 11 is 0. The van der Waals surface area contributed by atoms with Crippen LogP contribution in [0.25, 0.3) is 0 Å². The summed E-state index contributed by atoms with van der Waals surface area (Å²) in [6, 6.07) is 5.11. The van der Waals surface area contributed by atoms with Gasteiger partial charge in [-0.25, -0.2) is 0 Å². The van der Waals surface area contributed by atoms with Gasteiger partial charge in [0.25, 0.3) is 5.91 Å². The molecule has 0 bridgehead atoms. The summed E-state index contributed by atoms with van der Waals surface area (Å²) in [6.07, 6.45) is 1.26. The second-order valence-electron chi connectivity index (χ2n) is 5.38. The van der Waals surface area contributed by atoms with Crippen molar-refractivity contribution in [1.82, 2.24) is 5.32 Å². The lowest BCUT2D eigenvalue weighted by molar-refractivity contribution is 0.0816. The van der Waals surface area contributed by atoms with Gasteiger partial charge in [-0.1, -0.05) is 26.7 Å². The van der Waals surface area contributed by atoms with Crippen molar-refractivity contribution < 1.29 is 19.4 Å². The molecule has 1 amide bonds. The van der Waals surface area contributed by atoms with E-state index in [9.17, 15) is 9.90 Å². The van der Waals surface area contributed by atoms with E-state index in [1.54, 1.807) is 18.2 Å². The maximum Gasteiger partial charge on any atom is 0.251 e. The highest BCUT2D eigenvalue weighted by Gasteiger charge is 2.17. The van der Waals surface area contributed by atoms with Crippen LogP contribution in [0.2, 0.25) is 0 Å². The largest absolute Gasteiger partial charge is 0.490 e. The first kappa shape index (κ1) is 19.3. The molecule has 1 aromatic carbocycles. The number of amides is 1. The molecular formula is C18H29NO4. The lowest BCUT2D eigenvalue weighted by Gasteiger charge is -2.20. The Morgan fingerprint density at radius 1 is 1.09 bits per heavy atom. The molecule has 0 radical (unpaired) electrons. The van der Waals surface area contributed by atoms with E-state index >= 15 is 0 Å². The number of rotatable bonds is 10. The van der Waals surface area contributed by atoms with Crippen LogP contribution in [-0.2, 0) is 0 Å². The van der Waals surface area contributed by atoms with Gasteiger partial charge in [0, 0.05) is 12.1 Å². The van der Waals surface area contributed by atoms with Gasteiger partial charge in [-0.15, -0.1) is 0 Å². The number of nitrogens with one attached hydrogen (secondary N) is 1. The Kier molecular flexibility index (Phi) is 8.48. The Balaban J connectivity index is 2.74. The molecule has 2 N–H and O–H groups in total. The minimum Gasteiger partial charge on any atom is -0.490 e. The van der Waals surface area contributed by atoms with Gasteiger partial charge in [-0.05, 0) is 38.0 Å². The second-order valence-corrected chi connectivity index (χ2v) is 5.38. The van der Waals surface area contributed by atoms with Gasteiger partial charge in [0.15, 0.2) is 11.5 Å². The quantitative estimate of drug-likeness (QED) is 0.694. The lowest BCUT2D eigenvalue weighted by Crippen LogP contribution is -2.36. The molecule has 0 spiro atoms. The molecule has 5 heteroatoms. The Bertz CT molecular complexity index is 486. The van der Waals surface area contributed by atoms with Crippen molar-refractivity contribution in [2.24, 2.45) is 5.92 Å². The van der Waals surface area contributed by atoms with Crippen LogP contribution in [-0.4, -0.2) is 36.9 Å². The highest BCUT2D eigenvalue weighted by atomic mass is 16.5. The number of carbonyl (C=O) groups is 1. The van der Waals surface area contributed by atoms with Gasteiger partial charge in [-0.3, -0.25) is 4.79 Å². The first-order valence-electron chi connectivity index (χ1n) is 8.43. The average molecular weight is 323 g/mol. The van der Waals surface area contributed by atoms with E-state index in [1.807, 2.05) is 27.7 Å². The van der Waals surface area contributed by atoms with Gasteiger partial charge in [-0.2, -0.15) is 0 Å². The topological polar surface area (TPSA) is 67.8 Å². The smallest absolute Gasteiger partial charge is 0.251 e. The highest BCUT2D eigenvalue weighted by molar-refractivity contribution is 5.94. The van der Waals surface area contributed by atoms with Crippen molar-refractivity contribution in [3.8, 4) is 11.5 Å². The molecule has 0 fully saturated rings. The fourth-order valence-corrected chi connectivity index (χ4v) is 2.49. The summed E-state index contributed by atoms with van der Waals surface area (Å²) in [5.74, 6) is 1.17. The molecule has 0 aromatic heterocycles. The normalized spacial score (nSPS) is 12.1. The number of aliphatic hydroxyl groups is 1. The van der Waals surface area contributed by atoms with Crippen molar-refractivity contribution in [2.75, 3.05) is 19.8 Å². The first-order valence-corrected chi connectivity index (χ1v) is 8.43. The number of hydrogen-bond donors (Lipinski definition) is 2. The fraction of sp³-hybridized carbons (Fsp3) is 0.611. The Morgan fingerprint density at radius 3 is 2.26 bits per heavy atom. The minimum absolute atomic E-state index is 0.203. The SMILES string of the molecule is CCOc1ccc(C(=O)NCC(O)C(CC)CC)cc1OCC. The third-order valence-electron chi connectivity index (χ3n) is 3.87. The monoisotopic (exact) mass is 323 g/mol. The molecule has 1 aromatic rings. The number of aliphatic hydroxyl groups excluding tert-OH is 1. The van der Waals surface area contributed by atoms with E-state index in [4.69, 9.17) is 9.47 Å². The summed E-state index contributed by atoms with van der Waals surface area (Å²) in [5, 5.41) is 12.9. The third-order valence-corrected chi connectivity index (χ3v) is 3.87. The van der Waals surface area contributed by atoms with E-state index in [0.29, 0.717) is 30.3 Å². The molecule has 0 aliphatic heterocycles. The molecule has 0 aliphatic rings. The van der Waals surface area contributed by atoms with Crippen molar-refractivity contribution in [3.05, 3.63) is 23.8 Å². The Labute approximate surface area is 139 Å². The van der Waals surface area contributed by atoms with Crippen LogP contribution >= 0.6 is 0 Å². The summed E-state index contributed by atoms with van der Waals surface area (Å²) in [7, 11) is 0. The predicted molar refractivity (Wildman–Crippen MR) is 91.2 cm³/mol. The molecule has 0 aliphatic carbocycles. The van der Waals surface area contributed by atoms with Gasteiger partial charge >= 0.3 is 0 Å². The zero-order chi connectivity index (χ0) is 17.2. The molecular weight excluding hydrogens is 294 g/mol.